The van der Waals surface area contributed by atoms with E-state index in [1.54, 1.807) is 38.5 Å². The van der Waals surface area contributed by atoms with Gasteiger partial charge in [-0.2, -0.15) is 0 Å². The summed E-state index contributed by atoms with van der Waals surface area (Å²) in [6, 6.07) is 8.24. The number of nitrogens with zero attached hydrogens (tertiary/aromatic N) is 4. The van der Waals surface area contributed by atoms with Crippen LogP contribution in [0.15, 0.2) is 36.5 Å². The molecule has 0 spiro atoms. The monoisotopic (exact) mass is 300 g/mol. The first-order valence-corrected chi connectivity index (χ1v) is 6.35. The lowest BCUT2D eigenvalue weighted by Gasteiger charge is -2.07. The molecule has 8 nitrogen and oxygen atoms in total. The predicted octanol–water partition coefficient (Wildman–Crippen LogP) is 2.32. The van der Waals surface area contributed by atoms with Crippen LogP contribution in [-0.2, 0) is 0 Å². The van der Waals surface area contributed by atoms with Crippen LogP contribution in [0, 0.1) is 10.1 Å². The van der Waals surface area contributed by atoms with Crippen molar-refractivity contribution in [2.75, 3.05) is 14.2 Å². The molecule has 3 aromatic rings. The summed E-state index contributed by atoms with van der Waals surface area (Å²) in [6.45, 7) is 0. The topological polar surface area (TPSA) is 91.8 Å². The maximum absolute atomic E-state index is 10.8. The van der Waals surface area contributed by atoms with Crippen LogP contribution >= 0.6 is 0 Å². The molecule has 0 atom stereocenters. The van der Waals surface area contributed by atoms with Crippen molar-refractivity contribution >= 4 is 11.3 Å². The SMILES string of the molecule is COc1ccc(-c2nc3ccc([N+](=O)[O-])cn3n2)cc1OC. The third-order valence-electron chi connectivity index (χ3n) is 3.17. The van der Waals surface area contributed by atoms with Crippen molar-refractivity contribution in [1.29, 1.82) is 0 Å². The van der Waals surface area contributed by atoms with Crippen LogP contribution in [-0.4, -0.2) is 33.7 Å². The highest BCUT2D eigenvalue weighted by molar-refractivity contribution is 5.63. The Hall–Kier alpha value is -3.16. The molecule has 0 aliphatic heterocycles. The van der Waals surface area contributed by atoms with Crippen LogP contribution in [0.4, 0.5) is 5.69 Å². The lowest BCUT2D eigenvalue weighted by molar-refractivity contribution is -0.385. The molecule has 8 heteroatoms. The van der Waals surface area contributed by atoms with E-state index in [0.717, 1.165) is 5.56 Å². The average molecular weight is 300 g/mol. The number of rotatable bonds is 4. The molecule has 0 unspecified atom stereocenters. The van der Waals surface area contributed by atoms with E-state index in [9.17, 15) is 10.1 Å². The molecule has 112 valence electrons. The molecule has 1 aromatic carbocycles. The number of benzene rings is 1. The van der Waals surface area contributed by atoms with Crippen LogP contribution in [0.1, 0.15) is 0 Å². The summed E-state index contributed by atoms with van der Waals surface area (Å²) < 4.78 is 11.8. The van der Waals surface area contributed by atoms with Gasteiger partial charge in [-0.05, 0) is 24.3 Å². The zero-order chi connectivity index (χ0) is 15.7. The summed E-state index contributed by atoms with van der Waals surface area (Å²) in [5.41, 5.74) is 1.20. The van der Waals surface area contributed by atoms with Crippen molar-refractivity contribution in [3.8, 4) is 22.9 Å². The largest absolute Gasteiger partial charge is 0.493 e. The molecule has 0 aliphatic carbocycles. The van der Waals surface area contributed by atoms with E-state index in [-0.39, 0.29) is 5.69 Å². The zero-order valence-corrected chi connectivity index (χ0v) is 11.9. The normalized spacial score (nSPS) is 10.6. The Labute approximate surface area is 125 Å². The molecule has 2 heterocycles. The van der Waals surface area contributed by atoms with Crippen LogP contribution in [0.2, 0.25) is 0 Å². The Kier molecular flexibility index (Phi) is 3.34. The lowest BCUT2D eigenvalue weighted by Crippen LogP contribution is -1.93. The van der Waals surface area contributed by atoms with E-state index in [4.69, 9.17) is 9.47 Å². The van der Waals surface area contributed by atoms with Crippen LogP contribution in [0.25, 0.3) is 17.0 Å². The zero-order valence-electron chi connectivity index (χ0n) is 11.9. The number of nitro groups is 1. The second-order valence-electron chi connectivity index (χ2n) is 4.45. The second-order valence-corrected chi connectivity index (χ2v) is 4.45. The van der Waals surface area contributed by atoms with Crippen LogP contribution in [0.5, 0.6) is 11.5 Å². The summed E-state index contributed by atoms with van der Waals surface area (Å²) in [6.07, 6.45) is 1.33. The van der Waals surface area contributed by atoms with Gasteiger partial charge in [0.1, 0.15) is 6.20 Å². The first kappa shape index (κ1) is 13.8. The van der Waals surface area contributed by atoms with Gasteiger partial charge in [0.15, 0.2) is 23.0 Å². The van der Waals surface area contributed by atoms with Gasteiger partial charge in [0, 0.05) is 11.6 Å². The maximum atomic E-state index is 10.8. The molecular weight excluding hydrogens is 288 g/mol. The van der Waals surface area contributed by atoms with Gasteiger partial charge in [0.2, 0.25) is 0 Å². The van der Waals surface area contributed by atoms with Crippen molar-refractivity contribution in [3.05, 3.63) is 46.6 Å². The first-order valence-electron chi connectivity index (χ1n) is 6.35. The Morgan fingerprint density at radius 1 is 1.14 bits per heavy atom. The molecule has 0 fully saturated rings. The summed E-state index contributed by atoms with van der Waals surface area (Å²) in [7, 11) is 3.10. The number of ether oxygens (including phenoxy) is 2. The van der Waals surface area contributed by atoms with E-state index in [2.05, 4.69) is 10.1 Å². The van der Waals surface area contributed by atoms with Gasteiger partial charge in [0.25, 0.3) is 5.69 Å². The molecule has 3 rings (SSSR count). The van der Waals surface area contributed by atoms with Crippen LogP contribution in [0.3, 0.4) is 0 Å². The predicted molar refractivity (Wildman–Crippen MR) is 78.2 cm³/mol. The molecule has 0 amide bonds. The molecule has 0 saturated heterocycles. The number of pyridine rings is 1. The smallest absolute Gasteiger partial charge is 0.287 e. The fraction of sp³-hybridized carbons (Fsp3) is 0.143. The minimum Gasteiger partial charge on any atom is -0.493 e. The fourth-order valence-electron chi connectivity index (χ4n) is 2.08. The summed E-state index contributed by atoms with van der Waals surface area (Å²) in [4.78, 5) is 14.7. The molecule has 0 radical (unpaired) electrons. The Balaban J connectivity index is 2.08. The van der Waals surface area contributed by atoms with E-state index in [1.807, 2.05) is 0 Å². The third kappa shape index (κ3) is 2.30. The van der Waals surface area contributed by atoms with Gasteiger partial charge in [-0.15, -0.1) is 5.10 Å². The number of methoxy groups -OCH3 is 2. The van der Waals surface area contributed by atoms with Gasteiger partial charge in [0.05, 0.1) is 19.1 Å². The Bertz CT molecular complexity index is 859. The number of fused-ring (bicyclic) bond motifs is 1. The van der Waals surface area contributed by atoms with Gasteiger partial charge in [-0.1, -0.05) is 0 Å². The highest BCUT2D eigenvalue weighted by Crippen LogP contribution is 2.31. The molecule has 0 saturated carbocycles. The standard InChI is InChI=1S/C14H12N4O4/c1-21-11-5-3-9(7-12(11)22-2)14-15-13-6-4-10(18(19)20)8-17(13)16-14/h3-8H,1-2H3. The molecule has 2 aromatic heterocycles. The van der Waals surface area contributed by atoms with E-state index < -0.39 is 4.92 Å². The fourth-order valence-corrected chi connectivity index (χ4v) is 2.08. The van der Waals surface area contributed by atoms with E-state index in [1.165, 1.54) is 16.8 Å². The molecule has 0 N–H and O–H groups in total. The van der Waals surface area contributed by atoms with Crippen molar-refractivity contribution in [3.63, 3.8) is 0 Å². The van der Waals surface area contributed by atoms with Gasteiger partial charge >= 0.3 is 0 Å². The van der Waals surface area contributed by atoms with Crippen molar-refractivity contribution in [2.45, 2.75) is 0 Å². The average Bonchev–Trinajstić information content (AvgIpc) is 2.97. The van der Waals surface area contributed by atoms with Gasteiger partial charge in [-0.3, -0.25) is 10.1 Å². The quantitative estimate of drug-likeness (QED) is 0.542. The van der Waals surface area contributed by atoms with Crippen molar-refractivity contribution in [2.24, 2.45) is 0 Å². The lowest BCUT2D eigenvalue weighted by atomic mass is 10.2. The minimum absolute atomic E-state index is 0.0451. The van der Waals surface area contributed by atoms with Crippen molar-refractivity contribution in [1.82, 2.24) is 14.6 Å². The number of aromatic nitrogens is 3. The summed E-state index contributed by atoms with van der Waals surface area (Å²) in [5.74, 6) is 1.61. The van der Waals surface area contributed by atoms with E-state index in [0.29, 0.717) is 23.0 Å². The van der Waals surface area contributed by atoms with Gasteiger partial charge < -0.3 is 9.47 Å². The highest BCUT2D eigenvalue weighted by Gasteiger charge is 2.13. The molecule has 0 bridgehead atoms. The van der Waals surface area contributed by atoms with Crippen molar-refractivity contribution < 1.29 is 14.4 Å². The first-order chi connectivity index (χ1) is 10.6. The van der Waals surface area contributed by atoms with E-state index >= 15 is 0 Å². The Morgan fingerprint density at radius 3 is 2.59 bits per heavy atom. The molecule has 22 heavy (non-hydrogen) atoms. The number of hydrogen-bond acceptors (Lipinski definition) is 6. The van der Waals surface area contributed by atoms with Gasteiger partial charge in [-0.25, -0.2) is 9.50 Å². The minimum atomic E-state index is -0.475. The third-order valence-corrected chi connectivity index (χ3v) is 3.17. The number of hydrogen-bond donors (Lipinski definition) is 0. The summed E-state index contributed by atoms with van der Waals surface area (Å²) in [5, 5.41) is 15.1. The molecule has 0 aliphatic rings. The maximum Gasteiger partial charge on any atom is 0.287 e. The Morgan fingerprint density at radius 2 is 1.91 bits per heavy atom. The van der Waals surface area contributed by atoms with Crippen LogP contribution < -0.4 is 9.47 Å². The highest BCUT2D eigenvalue weighted by atomic mass is 16.6. The summed E-state index contributed by atoms with van der Waals surface area (Å²) >= 11 is 0. The molecular formula is C14H12N4O4. The second kappa shape index (κ2) is 5.32.